The number of thiazole rings is 1. The predicted octanol–water partition coefficient (Wildman–Crippen LogP) is 7.71. The average Bonchev–Trinajstić information content (AvgIpc) is 3.77. The van der Waals surface area contributed by atoms with E-state index in [1.54, 1.807) is 80.9 Å². The second kappa shape index (κ2) is 15.4. The van der Waals surface area contributed by atoms with E-state index in [0.29, 0.717) is 39.4 Å². The van der Waals surface area contributed by atoms with Gasteiger partial charge in [0, 0.05) is 28.3 Å². The summed E-state index contributed by atoms with van der Waals surface area (Å²) in [6, 6.07) is 32.1. The number of anilines is 2. The van der Waals surface area contributed by atoms with Crippen LogP contribution in [0.3, 0.4) is 0 Å². The molecule has 246 valence electrons. The number of amides is 3. The highest BCUT2D eigenvalue weighted by Gasteiger charge is 2.17. The van der Waals surface area contributed by atoms with Crippen LogP contribution in [0.15, 0.2) is 124 Å². The highest BCUT2D eigenvalue weighted by atomic mass is 32.2. The highest BCUT2D eigenvalue weighted by molar-refractivity contribution is 8.00. The van der Waals surface area contributed by atoms with E-state index < -0.39 is 11.8 Å². The Labute approximate surface area is 290 Å². The maximum absolute atomic E-state index is 13.5. The molecule has 0 saturated carbocycles. The molecule has 49 heavy (non-hydrogen) atoms. The zero-order chi connectivity index (χ0) is 34.2. The number of aromatic nitrogens is 1. The SMILES string of the molecule is COc1ccc2sc(NC(=O)CSc3ccc(NC(=O)/C(=C\c4ccc(-c5ccccc5OC)o4)NC(=O)c4ccccc4)cc3)nc2c1. The minimum atomic E-state index is -0.548. The Morgan fingerprint density at radius 3 is 2.41 bits per heavy atom. The van der Waals surface area contributed by atoms with Crippen LogP contribution in [0.2, 0.25) is 0 Å². The quantitative estimate of drug-likeness (QED) is 0.0879. The summed E-state index contributed by atoms with van der Waals surface area (Å²) in [7, 11) is 3.17. The minimum absolute atomic E-state index is 0.0156. The molecule has 3 N–H and O–H groups in total. The first kappa shape index (κ1) is 33.1. The zero-order valence-electron chi connectivity index (χ0n) is 26.4. The number of rotatable bonds is 12. The van der Waals surface area contributed by atoms with Crippen LogP contribution < -0.4 is 25.4 Å². The number of hydrogen-bond donors (Lipinski definition) is 3. The number of fused-ring (bicyclic) bond motifs is 1. The second-order valence-electron chi connectivity index (χ2n) is 10.4. The standard InChI is InChI=1S/C37H30N4O6S2/c1-45-25-15-19-33-29(20-25)40-37(49-33)41-34(42)22-48-27-16-12-24(13-17-27)38-36(44)30(39-35(43)23-8-4-3-5-9-23)21-26-14-18-32(47-26)28-10-6-7-11-31(28)46-2/h3-21H,22H2,1-2H3,(H,38,44)(H,39,43)(H,40,41,42)/b30-21+. The molecular weight excluding hydrogens is 661 g/mol. The number of thioether (sulfide) groups is 1. The normalized spacial score (nSPS) is 11.2. The molecule has 12 heteroatoms. The van der Waals surface area contributed by atoms with Crippen molar-refractivity contribution in [2.45, 2.75) is 4.90 Å². The summed E-state index contributed by atoms with van der Waals surface area (Å²) >= 11 is 2.74. The van der Waals surface area contributed by atoms with Gasteiger partial charge in [0.15, 0.2) is 5.13 Å². The Balaban J connectivity index is 1.12. The first-order valence-electron chi connectivity index (χ1n) is 15.0. The molecule has 0 spiro atoms. The molecule has 0 atom stereocenters. The monoisotopic (exact) mass is 690 g/mol. The number of carbonyl (C=O) groups excluding carboxylic acids is 3. The lowest BCUT2D eigenvalue weighted by atomic mass is 10.1. The molecule has 6 rings (SSSR count). The summed E-state index contributed by atoms with van der Waals surface area (Å²) < 4.78 is 17.7. The van der Waals surface area contributed by atoms with Gasteiger partial charge < -0.3 is 29.8 Å². The number of ether oxygens (including phenoxy) is 2. The number of benzene rings is 4. The van der Waals surface area contributed by atoms with Crippen molar-refractivity contribution in [2.75, 3.05) is 30.6 Å². The van der Waals surface area contributed by atoms with Gasteiger partial charge in [-0.15, -0.1) is 11.8 Å². The Morgan fingerprint density at radius 1 is 0.857 bits per heavy atom. The van der Waals surface area contributed by atoms with Gasteiger partial charge in [-0.05, 0) is 72.8 Å². The summed E-state index contributed by atoms with van der Waals surface area (Å²) in [5.74, 6) is 1.22. The van der Waals surface area contributed by atoms with Gasteiger partial charge in [-0.1, -0.05) is 41.7 Å². The number of hydrogen-bond acceptors (Lipinski definition) is 9. The van der Waals surface area contributed by atoms with E-state index in [1.165, 1.54) is 29.2 Å². The molecule has 0 fully saturated rings. The maximum atomic E-state index is 13.5. The van der Waals surface area contributed by atoms with Gasteiger partial charge in [0.05, 0.1) is 35.8 Å². The van der Waals surface area contributed by atoms with Crippen LogP contribution in [-0.4, -0.2) is 42.7 Å². The maximum Gasteiger partial charge on any atom is 0.272 e. The van der Waals surface area contributed by atoms with Crippen molar-refractivity contribution >= 4 is 67.9 Å². The molecule has 0 aliphatic carbocycles. The topological polar surface area (TPSA) is 132 Å². The number of para-hydroxylation sites is 1. The van der Waals surface area contributed by atoms with Gasteiger partial charge in [-0.2, -0.15) is 0 Å². The lowest BCUT2D eigenvalue weighted by Gasteiger charge is -2.11. The van der Waals surface area contributed by atoms with Crippen LogP contribution in [0.5, 0.6) is 11.5 Å². The molecule has 0 radical (unpaired) electrons. The van der Waals surface area contributed by atoms with E-state index >= 15 is 0 Å². The fraction of sp³-hybridized carbons (Fsp3) is 0.0811. The van der Waals surface area contributed by atoms with Gasteiger partial charge in [-0.25, -0.2) is 4.98 Å². The first-order chi connectivity index (χ1) is 23.9. The van der Waals surface area contributed by atoms with Crippen LogP contribution >= 0.6 is 23.1 Å². The number of carbonyl (C=O) groups is 3. The van der Waals surface area contributed by atoms with Gasteiger partial charge in [0.2, 0.25) is 5.91 Å². The van der Waals surface area contributed by atoms with E-state index in [1.807, 2.05) is 42.5 Å². The van der Waals surface area contributed by atoms with Crippen LogP contribution in [0.1, 0.15) is 16.1 Å². The van der Waals surface area contributed by atoms with Gasteiger partial charge in [0.1, 0.15) is 28.7 Å². The molecule has 10 nitrogen and oxygen atoms in total. The molecule has 6 aromatic rings. The molecule has 0 aliphatic rings. The van der Waals surface area contributed by atoms with Gasteiger partial charge in [0.25, 0.3) is 11.8 Å². The molecule has 2 aromatic heterocycles. The lowest BCUT2D eigenvalue weighted by Crippen LogP contribution is -2.30. The molecule has 3 amide bonds. The van der Waals surface area contributed by atoms with Crippen molar-refractivity contribution in [1.29, 1.82) is 0 Å². The van der Waals surface area contributed by atoms with Crippen LogP contribution in [0.4, 0.5) is 10.8 Å². The molecule has 0 saturated heterocycles. The van der Waals surface area contributed by atoms with Gasteiger partial charge >= 0.3 is 0 Å². The third-order valence-electron chi connectivity index (χ3n) is 7.14. The number of nitrogens with zero attached hydrogens (tertiary/aromatic N) is 1. The van der Waals surface area contributed by atoms with E-state index in [0.717, 1.165) is 20.7 Å². The van der Waals surface area contributed by atoms with Crippen molar-refractivity contribution in [2.24, 2.45) is 0 Å². The van der Waals surface area contributed by atoms with Crippen molar-refractivity contribution in [3.8, 4) is 22.8 Å². The van der Waals surface area contributed by atoms with E-state index in [9.17, 15) is 14.4 Å². The fourth-order valence-electron chi connectivity index (χ4n) is 4.73. The van der Waals surface area contributed by atoms with Gasteiger partial charge in [-0.3, -0.25) is 14.4 Å². The second-order valence-corrected chi connectivity index (χ2v) is 12.5. The smallest absolute Gasteiger partial charge is 0.272 e. The van der Waals surface area contributed by atoms with E-state index in [-0.39, 0.29) is 17.4 Å². The number of methoxy groups -OCH3 is 2. The van der Waals surface area contributed by atoms with Crippen molar-refractivity contribution in [3.05, 3.63) is 126 Å². The number of nitrogens with one attached hydrogen (secondary N) is 3. The van der Waals surface area contributed by atoms with Crippen LogP contribution in [0, 0.1) is 0 Å². The zero-order valence-corrected chi connectivity index (χ0v) is 28.0. The Hall–Kier alpha value is -5.85. The summed E-state index contributed by atoms with van der Waals surface area (Å²) in [4.78, 5) is 44.5. The molecule has 0 bridgehead atoms. The van der Waals surface area contributed by atoms with E-state index in [2.05, 4.69) is 20.9 Å². The highest BCUT2D eigenvalue weighted by Crippen LogP contribution is 2.32. The lowest BCUT2D eigenvalue weighted by molar-refractivity contribution is -0.114. The third kappa shape index (κ3) is 8.36. The molecule has 0 aliphatic heterocycles. The summed E-state index contributed by atoms with van der Waals surface area (Å²) in [6.07, 6.45) is 1.47. The number of furan rings is 1. The average molecular weight is 691 g/mol. The fourth-order valence-corrected chi connectivity index (χ4v) is 6.29. The largest absolute Gasteiger partial charge is 0.497 e. The molecular formula is C37H30N4O6S2. The van der Waals surface area contributed by atoms with Crippen LogP contribution in [-0.2, 0) is 9.59 Å². The first-order valence-corrected chi connectivity index (χ1v) is 16.8. The van der Waals surface area contributed by atoms with Crippen LogP contribution in [0.25, 0.3) is 27.6 Å². The molecule has 0 unspecified atom stereocenters. The van der Waals surface area contributed by atoms with Crippen molar-refractivity contribution in [1.82, 2.24) is 10.3 Å². The molecule has 4 aromatic carbocycles. The van der Waals surface area contributed by atoms with Crippen molar-refractivity contribution < 1.29 is 28.3 Å². The predicted molar refractivity (Wildman–Crippen MR) is 193 cm³/mol. The summed E-state index contributed by atoms with van der Waals surface area (Å²) in [5.41, 5.74) is 2.38. The van der Waals surface area contributed by atoms with E-state index in [4.69, 9.17) is 13.9 Å². The van der Waals surface area contributed by atoms with Crippen molar-refractivity contribution in [3.63, 3.8) is 0 Å². The third-order valence-corrected chi connectivity index (χ3v) is 9.10. The molecule has 2 heterocycles. The summed E-state index contributed by atoms with van der Waals surface area (Å²) in [5, 5.41) is 8.91. The Bertz CT molecular complexity index is 2140. The Kier molecular flexibility index (Phi) is 10.4. The Morgan fingerprint density at radius 2 is 1.63 bits per heavy atom. The summed E-state index contributed by atoms with van der Waals surface area (Å²) in [6.45, 7) is 0. The minimum Gasteiger partial charge on any atom is -0.497 e.